The fourth-order valence-electron chi connectivity index (χ4n) is 1.86. The van der Waals surface area contributed by atoms with Crippen molar-refractivity contribution >= 4 is 5.69 Å². The molecular formula is C16H16N2O. The topological polar surface area (TPSA) is 56.0 Å². The van der Waals surface area contributed by atoms with Crippen LogP contribution in [0, 0.1) is 18.3 Å². The van der Waals surface area contributed by atoms with Crippen LogP contribution in [0.2, 0.25) is 0 Å². The Labute approximate surface area is 113 Å². The lowest BCUT2D eigenvalue weighted by Crippen LogP contribution is -2.01. The first-order valence-corrected chi connectivity index (χ1v) is 6.16. The van der Waals surface area contributed by atoms with E-state index in [1.54, 1.807) is 0 Å². The van der Waals surface area contributed by atoms with Crippen molar-refractivity contribution in [2.45, 2.75) is 20.1 Å². The van der Waals surface area contributed by atoms with Gasteiger partial charge in [-0.25, -0.2) is 0 Å². The normalized spacial score (nSPS) is 9.95. The summed E-state index contributed by atoms with van der Waals surface area (Å²) in [4.78, 5) is 0. The molecule has 3 nitrogen and oxygen atoms in total. The molecule has 0 unspecified atom stereocenters. The zero-order valence-corrected chi connectivity index (χ0v) is 10.9. The summed E-state index contributed by atoms with van der Waals surface area (Å²) >= 11 is 0. The van der Waals surface area contributed by atoms with Gasteiger partial charge < -0.3 is 10.4 Å². The van der Waals surface area contributed by atoms with Crippen LogP contribution in [0.3, 0.4) is 0 Å². The van der Waals surface area contributed by atoms with Crippen LogP contribution in [0.1, 0.15) is 22.3 Å². The van der Waals surface area contributed by atoms with Gasteiger partial charge in [-0.05, 0) is 35.7 Å². The molecule has 96 valence electrons. The van der Waals surface area contributed by atoms with Gasteiger partial charge in [-0.15, -0.1) is 0 Å². The van der Waals surface area contributed by atoms with Crippen molar-refractivity contribution in [1.29, 1.82) is 5.26 Å². The molecule has 3 heteroatoms. The van der Waals surface area contributed by atoms with Crippen molar-refractivity contribution in [3.05, 3.63) is 64.7 Å². The first kappa shape index (κ1) is 13.1. The molecule has 0 bridgehead atoms. The summed E-state index contributed by atoms with van der Waals surface area (Å²) in [6.45, 7) is 2.72. The van der Waals surface area contributed by atoms with E-state index in [9.17, 15) is 0 Å². The summed E-state index contributed by atoms with van der Waals surface area (Å²) in [6, 6.07) is 15.7. The number of benzene rings is 2. The summed E-state index contributed by atoms with van der Waals surface area (Å²) in [7, 11) is 0. The van der Waals surface area contributed by atoms with E-state index in [1.807, 2.05) is 49.4 Å². The Bertz CT molecular complexity index is 597. The minimum Gasteiger partial charge on any atom is -0.392 e. The van der Waals surface area contributed by atoms with Crippen LogP contribution in [0.15, 0.2) is 42.5 Å². The molecule has 0 aromatic heterocycles. The number of nitrogens with one attached hydrogen (secondary N) is 1. The maximum Gasteiger partial charge on any atom is 0.101 e. The van der Waals surface area contributed by atoms with E-state index < -0.39 is 0 Å². The van der Waals surface area contributed by atoms with Crippen molar-refractivity contribution in [2.75, 3.05) is 5.32 Å². The number of hydrogen-bond donors (Lipinski definition) is 2. The van der Waals surface area contributed by atoms with E-state index >= 15 is 0 Å². The highest BCUT2D eigenvalue weighted by Crippen LogP contribution is 2.17. The van der Waals surface area contributed by atoms with E-state index in [4.69, 9.17) is 10.4 Å². The molecule has 0 spiro atoms. The highest BCUT2D eigenvalue weighted by Gasteiger charge is 2.02. The van der Waals surface area contributed by atoms with Gasteiger partial charge in [-0.1, -0.05) is 30.3 Å². The third-order valence-electron chi connectivity index (χ3n) is 2.98. The summed E-state index contributed by atoms with van der Waals surface area (Å²) in [5, 5.41) is 21.3. The quantitative estimate of drug-likeness (QED) is 0.879. The molecule has 0 radical (unpaired) electrons. The Hall–Kier alpha value is -2.31. The van der Waals surface area contributed by atoms with Crippen LogP contribution >= 0.6 is 0 Å². The van der Waals surface area contributed by atoms with Gasteiger partial charge in [-0.2, -0.15) is 5.26 Å². The second-order valence-corrected chi connectivity index (χ2v) is 4.49. The van der Waals surface area contributed by atoms with Crippen LogP contribution in [0.5, 0.6) is 0 Å². The Kier molecular flexibility index (Phi) is 4.17. The third kappa shape index (κ3) is 3.34. The molecular weight excluding hydrogens is 236 g/mol. The molecule has 0 amide bonds. The predicted octanol–water partition coefficient (Wildman–Crippen LogP) is 2.97. The van der Waals surface area contributed by atoms with Crippen molar-refractivity contribution in [3.63, 3.8) is 0 Å². The zero-order chi connectivity index (χ0) is 13.7. The molecule has 0 heterocycles. The van der Waals surface area contributed by atoms with E-state index in [2.05, 4.69) is 11.4 Å². The number of hydrogen-bond acceptors (Lipinski definition) is 3. The molecule has 19 heavy (non-hydrogen) atoms. The van der Waals surface area contributed by atoms with Crippen molar-refractivity contribution < 1.29 is 5.11 Å². The van der Waals surface area contributed by atoms with E-state index in [0.29, 0.717) is 12.1 Å². The summed E-state index contributed by atoms with van der Waals surface area (Å²) < 4.78 is 0. The van der Waals surface area contributed by atoms with Crippen LogP contribution in [0.4, 0.5) is 5.69 Å². The fraction of sp³-hybridized carbons (Fsp3) is 0.188. The van der Waals surface area contributed by atoms with E-state index in [0.717, 1.165) is 22.4 Å². The largest absolute Gasteiger partial charge is 0.392 e. The minimum atomic E-state index is 0.0597. The predicted molar refractivity (Wildman–Crippen MR) is 75.6 cm³/mol. The maximum absolute atomic E-state index is 9.06. The summed E-state index contributed by atoms with van der Waals surface area (Å²) in [5.41, 5.74) is 4.64. The first-order chi connectivity index (χ1) is 9.22. The molecule has 2 aromatic carbocycles. The molecule has 2 N–H and O–H groups in total. The van der Waals surface area contributed by atoms with Gasteiger partial charge >= 0.3 is 0 Å². The van der Waals surface area contributed by atoms with Gasteiger partial charge in [0.1, 0.15) is 6.07 Å². The van der Waals surface area contributed by atoms with Crippen LogP contribution in [-0.2, 0) is 13.2 Å². The first-order valence-electron chi connectivity index (χ1n) is 6.16. The average molecular weight is 252 g/mol. The minimum absolute atomic E-state index is 0.0597. The van der Waals surface area contributed by atoms with E-state index in [-0.39, 0.29) is 6.61 Å². The Morgan fingerprint density at radius 3 is 2.42 bits per heavy atom. The smallest absolute Gasteiger partial charge is 0.101 e. The van der Waals surface area contributed by atoms with Gasteiger partial charge in [0.25, 0.3) is 0 Å². The monoisotopic (exact) mass is 252 g/mol. The molecule has 2 aromatic rings. The molecule has 0 fully saturated rings. The number of rotatable bonds is 4. The molecule has 0 aliphatic heterocycles. The number of nitriles is 1. The fourth-order valence-corrected chi connectivity index (χ4v) is 1.86. The number of anilines is 1. The van der Waals surface area contributed by atoms with Crippen LogP contribution < -0.4 is 5.32 Å². The van der Waals surface area contributed by atoms with Crippen molar-refractivity contribution in [2.24, 2.45) is 0 Å². The zero-order valence-electron chi connectivity index (χ0n) is 10.9. The van der Waals surface area contributed by atoms with Gasteiger partial charge in [0.15, 0.2) is 0 Å². The average Bonchev–Trinajstić information content (AvgIpc) is 2.46. The molecule has 0 aliphatic rings. The number of aliphatic hydroxyl groups excluding tert-OH is 1. The van der Waals surface area contributed by atoms with Gasteiger partial charge in [0, 0.05) is 6.54 Å². The van der Waals surface area contributed by atoms with Crippen molar-refractivity contribution in [1.82, 2.24) is 0 Å². The summed E-state index contributed by atoms with van der Waals surface area (Å²) in [5.74, 6) is 0. The summed E-state index contributed by atoms with van der Waals surface area (Å²) in [6.07, 6.45) is 0. The van der Waals surface area contributed by atoms with Crippen LogP contribution in [0.25, 0.3) is 0 Å². The maximum atomic E-state index is 9.06. The highest BCUT2D eigenvalue weighted by atomic mass is 16.3. The third-order valence-corrected chi connectivity index (χ3v) is 2.98. The van der Waals surface area contributed by atoms with Gasteiger partial charge in [0.05, 0.1) is 17.9 Å². The second-order valence-electron chi connectivity index (χ2n) is 4.49. The number of aryl methyl sites for hydroxylation is 1. The molecule has 0 aliphatic carbocycles. The lowest BCUT2D eigenvalue weighted by atomic mass is 10.1. The van der Waals surface area contributed by atoms with E-state index in [1.165, 1.54) is 0 Å². The lowest BCUT2D eigenvalue weighted by molar-refractivity contribution is 0.282. The van der Waals surface area contributed by atoms with Crippen molar-refractivity contribution in [3.8, 4) is 6.07 Å². The Morgan fingerprint density at radius 2 is 1.79 bits per heavy atom. The Morgan fingerprint density at radius 1 is 1.11 bits per heavy atom. The lowest BCUT2D eigenvalue weighted by Gasteiger charge is -2.09. The van der Waals surface area contributed by atoms with Gasteiger partial charge in [0.2, 0.25) is 0 Å². The SMILES string of the molecule is Cc1ccc(C#N)c(NCc2ccc(CO)cc2)c1. The second kappa shape index (κ2) is 6.03. The molecule has 2 rings (SSSR count). The highest BCUT2D eigenvalue weighted by molar-refractivity contribution is 5.58. The standard InChI is InChI=1S/C16H16N2O/c1-12-2-7-15(9-17)16(8-12)18-10-13-3-5-14(11-19)6-4-13/h2-8,18-19H,10-11H2,1H3. The molecule has 0 saturated heterocycles. The van der Waals surface area contributed by atoms with Crippen LogP contribution in [-0.4, -0.2) is 5.11 Å². The number of aliphatic hydroxyl groups is 1. The Balaban J connectivity index is 2.09. The molecule has 0 saturated carbocycles. The van der Waals surface area contributed by atoms with Gasteiger partial charge in [-0.3, -0.25) is 0 Å². The molecule has 0 atom stereocenters. The number of nitrogens with zero attached hydrogens (tertiary/aromatic N) is 1.